The molecule has 7 atom stereocenters. The van der Waals surface area contributed by atoms with E-state index in [4.69, 9.17) is 29.0 Å². The zero-order valence-corrected chi connectivity index (χ0v) is 22.5. The van der Waals surface area contributed by atoms with E-state index in [1.165, 1.54) is 25.3 Å². The Morgan fingerprint density at radius 3 is 2.62 bits per heavy atom. The van der Waals surface area contributed by atoms with Crippen LogP contribution in [0.1, 0.15) is 20.1 Å². The minimum absolute atomic E-state index is 0.0500. The molecule has 0 aliphatic carbocycles. The smallest absolute Gasteiger partial charge is 0.453 e. The van der Waals surface area contributed by atoms with E-state index < -0.39 is 57.0 Å². The molecule has 40 heavy (non-hydrogen) atoms. The number of benzene rings is 1. The maximum atomic E-state index is 12.5. The summed E-state index contributed by atoms with van der Waals surface area (Å²) < 4.78 is 40.1. The molecule has 0 radical (unpaired) electrons. The molecule has 1 aliphatic rings. The molecule has 1 aliphatic heterocycles. The van der Waals surface area contributed by atoms with Crippen LogP contribution in [0.15, 0.2) is 72.1 Å². The number of phosphoric ester groups is 1. The summed E-state index contributed by atoms with van der Waals surface area (Å²) in [6, 6.07) is 9.22. The number of nitrogens with two attached hydrogens (primary N) is 1. The number of aliphatic hydroxyl groups is 2. The summed E-state index contributed by atoms with van der Waals surface area (Å²) in [6.45, 7) is 5.82. The van der Waals surface area contributed by atoms with Crippen molar-refractivity contribution >= 4 is 19.5 Å². The molecule has 2 aromatic rings. The number of carbonyl (C=O) groups excluding carboxylic acids is 1. The number of amides is 1. The maximum absolute atomic E-state index is 12.5. The maximum Gasteiger partial charge on any atom is 0.527 e. The first-order chi connectivity index (χ1) is 18.9. The Morgan fingerprint density at radius 2 is 2.00 bits per heavy atom. The van der Waals surface area contributed by atoms with Gasteiger partial charge in [0.05, 0.1) is 12.6 Å². The molecular formula is C24H31N4O11P. The number of ether oxygens (including phenoxy) is 3. The summed E-state index contributed by atoms with van der Waals surface area (Å²) in [6.07, 6.45) is -3.76. The van der Waals surface area contributed by atoms with Crippen LogP contribution in [-0.4, -0.2) is 67.8 Å². The number of anilines is 1. The summed E-state index contributed by atoms with van der Waals surface area (Å²) in [5, 5.41) is 23.3. The second kappa shape index (κ2) is 13.6. The number of nitrogen functional groups attached to an aromatic ring is 1. The van der Waals surface area contributed by atoms with Crippen molar-refractivity contribution in [2.75, 3.05) is 12.3 Å². The number of hydrogen-bond acceptors (Lipinski definition) is 12. The summed E-state index contributed by atoms with van der Waals surface area (Å²) >= 11 is 0. The second-order valence-corrected chi connectivity index (χ2v) is 10.00. The van der Waals surface area contributed by atoms with Crippen molar-refractivity contribution in [2.24, 2.45) is 0 Å². The van der Waals surface area contributed by atoms with E-state index in [-0.39, 0.29) is 17.5 Å². The number of allylic oxidation sites excluding steroid dienone is 1. The molecule has 6 N–H and O–H groups in total. The van der Waals surface area contributed by atoms with Crippen LogP contribution < -0.4 is 21.5 Å². The Kier molecular flexibility index (Phi) is 10.5. The molecule has 2 unspecified atom stereocenters. The van der Waals surface area contributed by atoms with Gasteiger partial charge in [0, 0.05) is 13.1 Å². The molecule has 2 heterocycles. The molecule has 1 fully saturated rings. The van der Waals surface area contributed by atoms with E-state index >= 15 is 0 Å². The van der Waals surface area contributed by atoms with Crippen LogP contribution >= 0.6 is 7.82 Å². The van der Waals surface area contributed by atoms with Gasteiger partial charge in [-0.3, -0.25) is 18.8 Å². The van der Waals surface area contributed by atoms with E-state index in [2.05, 4.69) is 16.9 Å². The lowest BCUT2D eigenvalue weighted by Gasteiger charge is -2.26. The van der Waals surface area contributed by atoms with E-state index in [1.807, 2.05) is 0 Å². The Balaban J connectivity index is 1.63. The van der Waals surface area contributed by atoms with E-state index in [1.54, 1.807) is 37.3 Å². The molecule has 15 nitrogen and oxygen atoms in total. The van der Waals surface area contributed by atoms with Crippen LogP contribution in [0.2, 0.25) is 0 Å². The van der Waals surface area contributed by atoms with Gasteiger partial charge in [-0.2, -0.15) is 4.98 Å². The highest BCUT2D eigenvalue weighted by Gasteiger charge is 2.45. The fourth-order valence-corrected chi connectivity index (χ4v) is 4.17. The van der Waals surface area contributed by atoms with Gasteiger partial charge in [0.25, 0.3) is 6.29 Å². The van der Waals surface area contributed by atoms with Crippen molar-refractivity contribution in [1.82, 2.24) is 14.9 Å². The number of carbonyl (C=O) groups is 1. The molecule has 1 aromatic carbocycles. The number of rotatable bonds is 13. The molecule has 3 rings (SSSR count). The van der Waals surface area contributed by atoms with E-state index in [0.29, 0.717) is 5.75 Å². The second-order valence-electron chi connectivity index (χ2n) is 8.59. The lowest BCUT2D eigenvalue weighted by Crippen LogP contribution is -2.44. The standard InChI is InChI=1S/C24H31N4O11P/c1-4-16(37-23(14(2)26-15(3)29)38-17-8-6-5-7-9-17)12-35-40(33,34)36-13-18-20(30)21(31)22(39-18)28-11-10-19(25)27-24(28)32/h4-12,14,18,20-23,30-31H,1,13H2,2-3H3,(H,26,29)(H,33,34)(H2,25,27,32)/b16-12-/t14-,18-,20+,21+,22-,23?/m1/s1. The zero-order chi connectivity index (χ0) is 29.4. The fraction of sp³-hybridized carbons (Fsp3) is 0.375. The van der Waals surface area contributed by atoms with Gasteiger partial charge in [0.2, 0.25) is 5.91 Å². The number of nitrogens with zero attached hydrogens (tertiary/aromatic N) is 2. The largest absolute Gasteiger partial charge is 0.527 e. The average Bonchev–Trinajstić information content (AvgIpc) is 3.18. The Bertz CT molecular complexity index is 1310. The minimum atomic E-state index is -4.81. The minimum Gasteiger partial charge on any atom is -0.453 e. The highest BCUT2D eigenvalue weighted by molar-refractivity contribution is 7.47. The molecule has 0 bridgehead atoms. The predicted octanol–water partition coefficient (Wildman–Crippen LogP) is 0.552. The average molecular weight is 583 g/mol. The first-order valence-electron chi connectivity index (χ1n) is 11.9. The number of aliphatic hydroxyl groups excluding tert-OH is 2. The monoisotopic (exact) mass is 582 g/mol. The quantitative estimate of drug-likeness (QED) is 0.0946. The van der Waals surface area contributed by atoms with Crippen molar-refractivity contribution in [3.63, 3.8) is 0 Å². The van der Waals surface area contributed by atoms with Crippen molar-refractivity contribution in [3.05, 3.63) is 77.8 Å². The molecule has 1 aromatic heterocycles. The first-order valence-corrected chi connectivity index (χ1v) is 13.4. The Labute approximate surface area is 229 Å². The SMILES string of the molecule is C=C/C(=C/OP(=O)(O)OC[C@H]1O[C@@H](n2ccc(N)nc2=O)[C@@H](O)[C@H]1O)OC(Oc1ccccc1)[C@@H](C)NC(C)=O. The van der Waals surface area contributed by atoms with Gasteiger partial charge in [-0.1, -0.05) is 24.8 Å². The number of aromatic nitrogens is 2. The van der Waals surface area contributed by atoms with Crippen molar-refractivity contribution in [1.29, 1.82) is 0 Å². The van der Waals surface area contributed by atoms with Gasteiger partial charge >= 0.3 is 13.5 Å². The first kappa shape index (κ1) is 30.8. The van der Waals surface area contributed by atoms with Crippen LogP contribution in [0, 0.1) is 0 Å². The zero-order valence-electron chi connectivity index (χ0n) is 21.6. The lowest BCUT2D eigenvalue weighted by molar-refractivity contribution is -0.123. The van der Waals surface area contributed by atoms with Crippen molar-refractivity contribution in [2.45, 2.75) is 50.7 Å². The van der Waals surface area contributed by atoms with Gasteiger partial charge in [0.15, 0.2) is 12.0 Å². The summed E-state index contributed by atoms with van der Waals surface area (Å²) in [5.74, 6) is -0.102. The fourth-order valence-electron chi connectivity index (χ4n) is 3.54. The summed E-state index contributed by atoms with van der Waals surface area (Å²) in [7, 11) is -4.81. The van der Waals surface area contributed by atoms with E-state index in [9.17, 15) is 29.3 Å². The van der Waals surface area contributed by atoms with Crippen molar-refractivity contribution < 1.29 is 47.7 Å². The number of hydrogen-bond donors (Lipinski definition) is 5. The van der Waals surface area contributed by atoms with Gasteiger partial charge < -0.3 is 40.0 Å². The number of nitrogens with one attached hydrogen (secondary N) is 1. The van der Waals surface area contributed by atoms with Crippen LogP contribution in [-0.2, 0) is 27.9 Å². The van der Waals surface area contributed by atoms with Crippen molar-refractivity contribution in [3.8, 4) is 5.75 Å². The Hall–Kier alpha value is -3.72. The Morgan fingerprint density at radius 1 is 1.30 bits per heavy atom. The van der Waals surface area contributed by atoms with Crippen LogP contribution in [0.3, 0.4) is 0 Å². The molecule has 218 valence electrons. The molecule has 16 heteroatoms. The summed E-state index contributed by atoms with van der Waals surface area (Å²) in [4.78, 5) is 37.3. The molecular weight excluding hydrogens is 551 g/mol. The van der Waals surface area contributed by atoms with Gasteiger partial charge in [-0.15, -0.1) is 0 Å². The molecule has 0 spiro atoms. The highest BCUT2D eigenvalue weighted by Crippen LogP contribution is 2.45. The van der Waals surface area contributed by atoms with Gasteiger partial charge in [0.1, 0.15) is 36.1 Å². The highest BCUT2D eigenvalue weighted by atomic mass is 31.2. The van der Waals surface area contributed by atoms with Gasteiger partial charge in [-0.25, -0.2) is 9.36 Å². The van der Waals surface area contributed by atoms with Crippen LogP contribution in [0.5, 0.6) is 5.75 Å². The predicted molar refractivity (Wildman–Crippen MR) is 139 cm³/mol. The topological polar surface area (TPSA) is 214 Å². The summed E-state index contributed by atoms with van der Waals surface area (Å²) in [5.41, 5.74) is 4.62. The third-order valence-corrected chi connectivity index (χ3v) is 6.30. The molecule has 1 amide bonds. The molecule has 0 saturated carbocycles. The number of phosphoric acid groups is 1. The molecule has 1 saturated heterocycles. The third kappa shape index (κ3) is 8.39. The number of para-hydroxylation sites is 1. The van der Waals surface area contributed by atoms with E-state index in [0.717, 1.165) is 10.8 Å². The van der Waals surface area contributed by atoms with Crippen LogP contribution in [0.4, 0.5) is 5.82 Å². The van der Waals surface area contributed by atoms with Crippen LogP contribution in [0.25, 0.3) is 0 Å². The lowest BCUT2D eigenvalue weighted by atomic mass is 10.1. The van der Waals surface area contributed by atoms with Gasteiger partial charge in [-0.05, 0) is 31.2 Å². The third-order valence-electron chi connectivity index (χ3n) is 5.45. The normalized spacial score (nSPS) is 23.9.